The maximum absolute atomic E-state index is 13.6. The molecule has 0 spiro atoms. The molecule has 0 N–H and O–H groups in total. The molecule has 2 unspecified atom stereocenters. The number of Topliss-reactive ketones (excluding diaryl/α,β-unsaturated/α-hetero) is 2. The molecule has 0 bridgehead atoms. The van der Waals surface area contributed by atoms with Crippen LogP contribution in [0.2, 0.25) is 0 Å². The van der Waals surface area contributed by atoms with Gasteiger partial charge in [0, 0.05) is 11.3 Å². The van der Waals surface area contributed by atoms with Crippen molar-refractivity contribution in [3.63, 3.8) is 0 Å². The number of alkyl halides is 3. The highest BCUT2D eigenvalue weighted by Crippen LogP contribution is 2.41. The summed E-state index contributed by atoms with van der Waals surface area (Å²) in [5.74, 6) is -3.95. The molecule has 1 aliphatic heterocycles. The molecule has 1 amide bonds. The van der Waals surface area contributed by atoms with Gasteiger partial charge in [0.15, 0.2) is 5.78 Å². The van der Waals surface area contributed by atoms with Crippen molar-refractivity contribution >= 4 is 23.2 Å². The van der Waals surface area contributed by atoms with E-state index < -0.39 is 41.5 Å². The Morgan fingerprint density at radius 2 is 1.61 bits per heavy atom. The van der Waals surface area contributed by atoms with Gasteiger partial charge in [-0.2, -0.15) is 0 Å². The Morgan fingerprint density at radius 3 is 2.14 bits per heavy atom. The molecule has 1 aliphatic rings. The van der Waals surface area contributed by atoms with E-state index >= 15 is 0 Å². The zero-order chi connectivity index (χ0) is 26.2. The second-order valence-electron chi connectivity index (χ2n) is 8.88. The maximum Gasteiger partial charge on any atom is 0.573 e. The Kier molecular flexibility index (Phi) is 6.67. The van der Waals surface area contributed by atoms with Crippen molar-refractivity contribution in [2.45, 2.75) is 39.1 Å². The Balaban J connectivity index is 1.78. The van der Waals surface area contributed by atoms with Gasteiger partial charge in [-0.3, -0.25) is 24.3 Å². The SMILES string of the molecule is Cc1ccc(N2C(=O)C(=O)C(C(=O)c3ccc(C(C)C)cc3)C2c2ccc(OC(F)(F)F)cc2)cn1. The molecule has 4 rings (SSSR count). The summed E-state index contributed by atoms with van der Waals surface area (Å²) in [6.45, 7) is 5.77. The number of hydrogen-bond acceptors (Lipinski definition) is 5. The lowest BCUT2D eigenvalue weighted by Crippen LogP contribution is -2.30. The number of benzene rings is 2. The number of ketones is 2. The fourth-order valence-corrected chi connectivity index (χ4v) is 4.23. The van der Waals surface area contributed by atoms with Gasteiger partial charge in [-0.1, -0.05) is 50.2 Å². The van der Waals surface area contributed by atoms with Crippen molar-refractivity contribution in [2.75, 3.05) is 4.90 Å². The molecule has 0 saturated carbocycles. The first kappa shape index (κ1) is 25.1. The van der Waals surface area contributed by atoms with Crippen LogP contribution in [0.25, 0.3) is 0 Å². The Hall–Kier alpha value is -4.01. The zero-order valence-electron chi connectivity index (χ0n) is 19.7. The molecule has 2 heterocycles. The van der Waals surface area contributed by atoms with Crippen LogP contribution in [0.3, 0.4) is 0 Å². The lowest BCUT2D eigenvalue weighted by atomic mass is 9.85. The van der Waals surface area contributed by atoms with Gasteiger partial charge in [0.1, 0.15) is 11.7 Å². The minimum Gasteiger partial charge on any atom is -0.406 e. The van der Waals surface area contributed by atoms with Gasteiger partial charge < -0.3 is 4.74 Å². The third kappa shape index (κ3) is 5.00. The van der Waals surface area contributed by atoms with E-state index in [1.807, 2.05) is 13.8 Å². The van der Waals surface area contributed by atoms with Crippen LogP contribution >= 0.6 is 0 Å². The third-order valence-electron chi connectivity index (χ3n) is 6.08. The summed E-state index contributed by atoms with van der Waals surface area (Å²) in [6, 6.07) is 13.8. The molecule has 1 saturated heterocycles. The van der Waals surface area contributed by atoms with E-state index in [4.69, 9.17) is 0 Å². The quantitative estimate of drug-likeness (QED) is 0.253. The molecule has 186 valence electrons. The average Bonchev–Trinajstić information content (AvgIpc) is 3.09. The van der Waals surface area contributed by atoms with Crippen molar-refractivity contribution < 1.29 is 32.3 Å². The lowest BCUT2D eigenvalue weighted by molar-refractivity contribution is -0.274. The average molecular weight is 496 g/mol. The van der Waals surface area contributed by atoms with Crippen molar-refractivity contribution in [3.8, 4) is 5.75 Å². The van der Waals surface area contributed by atoms with Gasteiger partial charge >= 0.3 is 6.36 Å². The maximum atomic E-state index is 13.6. The normalized spacial score (nSPS) is 18.1. The first-order valence-electron chi connectivity index (χ1n) is 11.3. The van der Waals surface area contributed by atoms with E-state index in [1.165, 1.54) is 23.2 Å². The van der Waals surface area contributed by atoms with Crippen LogP contribution < -0.4 is 9.64 Å². The van der Waals surface area contributed by atoms with E-state index in [-0.39, 0.29) is 11.5 Å². The first-order chi connectivity index (χ1) is 17.0. The second kappa shape index (κ2) is 9.56. The molecule has 3 aromatic rings. The predicted octanol–water partition coefficient (Wildman–Crippen LogP) is 5.57. The molecule has 2 aromatic carbocycles. The Labute approximate surface area is 205 Å². The number of halogens is 3. The van der Waals surface area contributed by atoms with Crippen molar-refractivity contribution in [3.05, 3.63) is 89.2 Å². The Morgan fingerprint density at radius 1 is 0.972 bits per heavy atom. The topological polar surface area (TPSA) is 76.6 Å². The number of aromatic nitrogens is 1. The van der Waals surface area contributed by atoms with Crippen LogP contribution in [0.5, 0.6) is 5.75 Å². The largest absolute Gasteiger partial charge is 0.573 e. The van der Waals surface area contributed by atoms with Gasteiger partial charge in [-0.15, -0.1) is 13.2 Å². The number of amides is 1. The fourth-order valence-electron chi connectivity index (χ4n) is 4.23. The van der Waals surface area contributed by atoms with E-state index in [2.05, 4.69) is 9.72 Å². The fraction of sp³-hybridized carbons (Fsp3) is 0.259. The van der Waals surface area contributed by atoms with E-state index in [9.17, 15) is 27.6 Å². The smallest absolute Gasteiger partial charge is 0.406 e. The van der Waals surface area contributed by atoms with Crippen LogP contribution in [-0.4, -0.2) is 28.8 Å². The van der Waals surface area contributed by atoms with E-state index in [1.54, 1.807) is 43.3 Å². The van der Waals surface area contributed by atoms with E-state index in [0.29, 0.717) is 16.9 Å². The van der Waals surface area contributed by atoms with Crippen LogP contribution in [-0.2, 0) is 9.59 Å². The predicted molar refractivity (Wildman–Crippen MR) is 126 cm³/mol. The number of ether oxygens (including phenoxy) is 1. The number of pyridine rings is 1. The zero-order valence-corrected chi connectivity index (χ0v) is 19.7. The highest BCUT2D eigenvalue weighted by atomic mass is 19.4. The van der Waals surface area contributed by atoms with Crippen LogP contribution in [0.4, 0.5) is 18.9 Å². The van der Waals surface area contributed by atoms with Gasteiger partial charge in [-0.05, 0) is 48.2 Å². The first-order valence-corrected chi connectivity index (χ1v) is 11.3. The number of hydrogen-bond donors (Lipinski definition) is 0. The van der Waals surface area contributed by atoms with Crippen LogP contribution in [0.15, 0.2) is 66.9 Å². The van der Waals surface area contributed by atoms with Crippen molar-refractivity contribution in [1.29, 1.82) is 0 Å². The summed E-state index contributed by atoms with van der Waals surface area (Å²) < 4.78 is 41.8. The Bertz CT molecular complexity index is 1280. The molecule has 36 heavy (non-hydrogen) atoms. The monoisotopic (exact) mass is 496 g/mol. The standard InChI is InChI=1S/C27H23F3N2O4/c1-15(2)17-5-7-19(8-6-17)24(33)22-23(18-9-12-21(13-10-18)36-27(28,29)30)32(26(35)25(22)34)20-11-4-16(3)31-14-20/h4-15,22-23H,1-3H3. The highest BCUT2D eigenvalue weighted by molar-refractivity contribution is 6.49. The highest BCUT2D eigenvalue weighted by Gasteiger charge is 2.52. The van der Waals surface area contributed by atoms with Gasteiger partial charge in [-0.25, -0.2) is 0 Å². The summed E-state index contributed by atoms with van der Waals surface area (Å²) in [4.78, 5) is 45.2. The van der Waals surface area contributed by atoms with Gasteiger partial charge in [0.05, 0.1) is 17.9 Å². The molecule has 9 heteroatoms. The number of carbonyl (C=O) groups is 3. The number of carbonyl (C=O) groups excluding carboxylic acids is 3. The molecule has 1 fully saturated rings. The molecule has 1 aromatic heterocycles. The summed E-state index contributed by atoms with van der Waals surface area (Å²) in [5.41, 5.74) is 2.55. The summed E-state index contributed by atoms with van der Waals surface area (Å²) in [7, 11) is 0. The van der Waals surface area contributed by atoms with E-state index in [0.717, 1.165) is 17.7 Å². The van der Waals surface area contributed by atoms with Crippen LogP contribution in [0.1, 0.15) is 53.0 Å². The second-order valence-corrected chi connectivity index (χ2v) is 8.88. The molecule has 0 radical (unpaired) electrons. The molecular weight excluding hydrogens is 473 g/mol. The number of anilines is 1. The number of rotatable bonds is 6. The van der Waals surface area contributed by atoms with Crippen molar-refractivity contribution in [2.24, 2.45) is 5.92 Å². The lowest BCUT2D eigenvalue weighted by Gasteiger charge is -2.27. The summed E-state index contributed by atoms with van der Waals surface area (Å²) in [6.07, 6.45) is -3.46. The third-order valence-corrected chi connectivity index (χ3v) is 6.08. The van der Waals surface area contributed by atoms with Gasteiger partial charge in [0.2, 0.25) is 5.78 Å². The summed E-state index contributed by atoms with van der Waals surface area (Å²) >= 11 is 0. The molecule has 6 nitrogen and oxygen atoms in total. The molecular formula is C27H23F3N2O4. The minimum absolute atomic E-state index is 0.235. The number of aryl methyl sites for hydroxylation is 1. The molecule has 0 aliphatic carbocycles. The van der Waals surface area contributed by atoms with Crippen LogP contribution in [0, 0.1) is 12.8 Å². The summed E-state index contributed by atoms with van der Waals surface area (Å²) in [5, 5.41) is 0. The van der Waals surface area contributed by atoms with Crippen molar-refractivity contribution in [1.82, 2.24) is 4.98 Å². The van der Waals surface area contributed by atoms with Gasteiger partial charge in [0.25, 0.3) is 5.91 Å². The minimum atomic E-state index is -4.87. The molecule has 2 atom stereocenters. The number of nitrogens with zero attached hydrogens (tertiary/aromatic N) is 2.